The Kier molecular flexibility index (Phi) is 2.97. The summed E-state index contributed by atoms with van der Waals surface area (Å²) < 4.78 is 3.02. The predicted octanol–water partition coefficient (Wildman–Crippen LogP) is 1.62. The minimum Gasteiger partial charge on any atom is -0.334 e. The second-order valence-corrected chi connectivity index (χ2v) is 5.69. The summed E-state index contributed by atoms with van der Waals surface area (Å²) in [5, 5.41) is 8.58. The van der Waals surface area contributed by atoms with Crippen LogP contribution in [0.1, 0.15) is 20.8 Å². The van der Waals surface area contributed by atoms with Gasteiger partial charge in [0.05, 0.1) is 23.5 Å². The smallest absolute Gasteiger partial charge is 0.334 e. The lowest BCUT2D eigenvalue weighted by Gasteiger charge is -2.16. The lowest BCUT2D eigenvalue weighted by atomic mass is 9.98. The molecular formula is C14H15N5O2. The third-order valence-electron chi connectivity index (χ3n) is 2.99. The highest BCUT2D eigenvalue weighted by Gasteiger charge is 2.25. The van der Waals surface area contributed by atoms with Crippen LogP contribution in [-0.4, -0.2) is 30.7 Å². The molecular weight excluding hydrogens is 270 g/mol. The molecule has 3 aromatic heterocycles. The zero-order chi connectivity index (χ0) is 15.0. The van der Waals surface area contributed by atoms with Crippen LogP contribution >= 0.6 is 0 Å². The Morgan fingerprint density at radius 2 is 2.00 bits per heavy atom. The van der Waals surface area contributed by atoms with Crippen molar-refractivity contribution in [3.63, 3.8) is 0 Å². The molecule has 0 fully saturated rings. The van der Waals surface area contributed by atoms with Crippen LogP contribution in [-0.2, 0) is 4.79 Å². The molecule has 0 spiro atoms. The quantitative estimate of drug-likeness (QED) is 0.715. The van der Waals surface area contributed by atoms with Gasteiger partial charge in [0, 0.05) is 17.8 Å². The van der Waals surface area contributed by atoms with Crippen LogP contribution in [0.5, 0.6) is 0 Å². The highest BCUT2D eigenvalue weighted by atomic mass is 16.7. The van der Waals surface area contributed by atoms with E-state index in [0.29, 0.717) is 5.65 Å². The summed E-state index contributed by atoms with van der Waals surface area (Å²) in [6, 6.07) is 3.65. The molecule has 7 nitrogen and oxygen atoms in total. The summed E-state index contributed by atoms with van der Waals surface area (Å²) in [6.07, 6.45) is 6.65. The molecule has 0 saturated heterocycles. The van der Waals surface area contributed by atoms with Gasteiger partial charge in [0.2, 0.25) is 0 Å². The SMILES string of the molecule is CC(C)(C)C(=O)On1ccc2c(-n3ccnn3)ccnc21. The Labute approximate surface area is 121 Å². The molecule has 3 rings (SSSR count). The first-order valence-electron chi connectivity index (χ1n) is 6.52. The lowest BCUT2D eigenvalue weighted by molar-refractivity contribution is -0.152. The van der Waals surface area contributed by atoms with E-state index in [2.05, 4.69) is 15.3 Å². The van der Waals surface area contributed by atoms with Crippen molar-refractivity contribution < 1.29 is 9.63 Å². The second-order valence-electron chi connectivity index (χ2n) is 5.69. The van der Waals surface area contributed by atoms with Crippen LogP contribution in [0.15, 0.2) is 36.9 Å². The topological polar surface area (TPSA) is 74.8 Å². The van der Waals surface area contributed by atoms with Crippen molar-refractivity contribution in [1.82, 2.24) is 24.7 Å². The maximum absolute atomic E-state index is 12.0. The van der Waals surface area contributed by atoms with Crippen LogP contribution < -0.4 is 4.84 Å². The maximum atomic E-state index is 12.0. The highest BCUT2D eigenvalue weighted by molar-refractivity contribution is 5.85. The number of rotatable bonds is 2. The van der Waals surface area contributed by atoms with Crippen LogP contribution in [0.4, 0.5) is 0 Å². The van der Waals surface area contributed by atoms with E-state index in [-0.39, 0.29) is 5.97 Å². The Morgan fingerprint density at radius 3 is 2.67 bits per heavy atom. The molecule has 7 heteroatoms. The first-order valence-corrected chi connectivity index (χ1v) is 6.52. The Balaban J connectivity index is 2.04. The van der Waals surface area contributed by atoms with E-state index in [1.807, 2.05) is 12.1 Å². The van der Waals surface area contributed by atoms with E-state index in [1.54, 1.807) is 50.2 Å². The number of hydrogen-bond acceptors (Lipinski definition) is 5. The molecule has 3 heterocycles. The van der Waals surface area contributed by atoms with E-state index < -0.39 is 5.41 Å². The van der Waals surface area contributed by atoms with Gasteiger partial charge in [-0.05, 0) is 32.9 Å². The molecule has 0 radical (unpaired) electrons. The molecule has 3 aromatic rings. The van der Waals surface area contributed by atoms with Crippen molar-refractivity contribution in [2.45, 2.75) is 20.8 Å². The third-order valence-corrected chi connectivity index (χ3v) is 2.99. The van der Waals surface area contributed by atoms with Gasteiger partial charge in [-0.3, -0.25) is 0 Å². The van der Waals surface area contributed by atoms with Crippen LogP contribution in [0, 0.1) is 5.41 Å². The fourth-order valence-corrected chi connectivity index (χ4v) is 1.84. The summed E-state index contributed by atoms with van der Waals surface area (Å²) in [4.78, 5) is 21.6. The number of carbonyl (C=O) groups excluding carboxylic acids is 1. The average molecular weight is 285 g/mol. The molecule has 0 N–H and O–H groups in total. The first-order chi connectivity index (χ1) is 9.97. The predicted molar refractivity (Wildman–Crippen MR) is 75.7 cm³/mol. The van der Waals surface area contributed by atoms with Crippen molar-refractivity contribution >= 4 is 17.0 Å². The normalized spacial score (nSPS) is 11.8. The van der Waals surface area contributed by atoms with Gasteiger partial charge in [-0.25, -0.2) is 14.5 Å². The molecule has 108 valence electrons. The van der Waals surface area contributed by atoms with Crippen LogP contribution in [0.3, 0.4) is 0 Å². The first kappa shape index (κ1) is 13.3. The lowest BCUT2D eigenvalue weighted by Crippen LogP contribution is -2.31. The fourth-order valence-electron chi connectivity index (χ4n) is 1.84. The highest BCUT2D eigenvalue weighted by Crippen LogP contribution is 2.21. The molecule has 0 aliphatic rings. The number of fused-ring (bicyclic) bond motifs is 1. The van der Waals surface area contributed by atoms with Crippen molar-refractivity contribution in [2.75, 3.05) is 0 Å². The number of pyridine rings is 1. The van der Waals surface area contributed by atoms with Gasteiger partial charge in [0.15, 0.2) is 5.65 Å². The summed E-state index contributed by atoms with van der Waals surface area (Å²) in [5.74, 6) is -0.326. The molecule has 0 bridgehead atoms. The molecule has 0 amide bonds. The number of aromatic nitrogens is 5. The van der Waals surface area contributed by atoms with E-state index >= 15 is 0 Å². The molecule has 0 saturated carbocycles. The van der Waals surface area contributed by atoms with Crippen LogP contribution in [0.25, 0.3) is 16.7 Å². The molecule has 0 unspecified atom stereocenters. The minimum atomic E-state index is -0.583. The number of carbonyl (C=O) groups is 1. The number of hydrogen-bond donors (Lipinski definition) is 0. The van der Waals surface area contributed by atoms with Gasteiger partial charge in [0.25, 0.3) is 0 Å². The van der Waals surface area contributed by atoms with Crippen molar-refractivity contribution in [2.24, 2.45) is 5.41 Å². The summed E-state index contributed by atoms with van der Waals surface area (Å²) in [6.45, 7) is 5.40. The molecule has 0 aliphatic carbocycles. The fraction of sp³-hybridized carbons (Fsp3) is 0.286. The second kappa shape index (κ2) is 4.69. The van der Waals surface area contributed by atoms with E-state index in [9.17, 15) is 4.79 Å². The van der Waals surface area contributed by atoms with Gasteiger partial charge in [-0.1, -0.05) is 5.21 Å². The van der Waals surface area contributed by atoms with Crippen molar-refractivity contribution in [1.29, 1.82) is 0 Å². The van der Waals surface area contributed by atoms with E-state index in [4.69, 9.17) is 4.84 Å². The third kappa shape index (κ3) is 2.37. The van der Waals surface area contributed by atoms with Gasteiger partial charge in [-0.15, -0.1) is 5.10 Å². The maximum Gasteiger partial charge on any atom is 0.338 e. The molecule has 21 heavy (non-hydrogen) atoms. The Bertz CT molecular complexity index is 783. The summed E-state index contributed by atoms with van der Waals surface area (Å²) >= 11 is 0. The van der Waals surface area contributed by atoms with E-state index in [1.165, 1.54) is 4.73 Å². The Morgan fingerprint density at radius 1 is 1.19 bits per heavy atom. The summed E-state index contributed by atoms with van der Waals surface area (Å²) in [5.41, 5.74) is 0.795. The summed E-state index contributed by atoms with van der Waals surface area (Å²) in [7, 11) is 0. The standard InChI is InChI=1S/C14H15N5O2/c1-14(2,3)13(20)21-19-8-5-10-11(4-6-15-12(10)19)18-9-7-16-17-18/h4-9H,1-3H3. The van der Waals surface area contributed by atoms with Gasteiger partial charge >= 0.3 is 5.97 Å². The molecule has 0 aromatic carbocycles. The molecule has 0 aliphatic heterocycles. The van der Waals surface area contributed by atoms with Gasteiger partial charge < -0.3 is 4.84 Å². The average Bonchev–Trinajstić information content (AvgIpc) is 3.07. The number of nitrogens with zero attached hydrogens (tertiary/aromatic N) is 5. The van der Waals surface area contributed by atoms with Gasteiger partial charge in [0.1, 0.15) is 0 Å². The zero-order valence-corrected chi connectivity index (χ0v) is 12.0. The largest absolute Gasteiger partial charge is 0.338 e. The van der Waals surface area contributed by atoms with E-state index in [0.717, 1.165) is 11.1 Å². The van der Waals surface area contributed by atoms with Gasteiger partial charge in [-0.2, -0.15) is 4.73 Å². The van der Waals surface area contributed by atoms with Crippen molar-refractivity contribution in [3.05, 3.63) is 36.9 Å². The minimum absolute atomic E-state index is 0.326. The van der Waals surface area contributed by atoms with Crippen LogP contribution in [0.2, 0.25) is 0 Å². The van der Waals surface area contributed by atoms with Crippen molar-refractivity contribution in [3.8, 4) is 5.69 Å². The molecule has 0 atom stereocenters. The monoisotopic (exact) mass is 285 g/mol. The Hall–Kier alpha value is -2.70. The zero-order valence-electron chi connectivity index (χ0n) is 12.0.